The number of hydrogen-bond donors (Lipinski definition) is 1. The number of ether oxygens (including phenoxy) is 4. The third-order valence-corrected chi connectivity index (χ3v) is 12.2. The lowest BCUT2D eigenvalue weighted by Crippen LogP contribution is -2.42. The number of carbonyl (C=O) groups is 4. The Kier molecular flexibility index (Phi) is 11.1. The van der Waals surface area contributed by atoms with Crippen molar-refractivity contribution < 1.29 is 38.1 Å². The van der Waals surface area contributed by atoms with Crippen molar-refractivity contribution in [1.82, 2.24) is 0 Å². The van der Waals surface area contributed by atoms with Crippen molar-refractivity contribution in [3.05, 3.63) is 124 Å². The Morgan fingerprint density at radius 1 is 0.762 bits per heavy atom. The third kappa shape index (κ3) is 7.83. The van der Waals surface area contributed by atoms with Gasteiger partial charge in [-0.3, -0.25) is 34.0 Å². The minimum atomic E-state index is -0.668. The first-order valence-electron chi connectivity index (χ1n) is 21.3. The Bertz CT molecular complexity index is 2690. The van der Waals surface area contributed by atoms with E-state index in [1.807, 2.05) is 93.8 Å². The number of carbonyl (C=O) groups excluding carboxylic acids is 4. The Labute approximate surface area is 366 Å². The maximum atomic E-state index is 14.0. The fraction of sp³-hybridized carbons (Fsp3) is 0.300. The van der Waals surface area contributed by atoms with Crippen LogP contribution in [0.25, 0.3) is 0 Å². The van der Waals surface area contributed by atoms with Gasteiger partial charge in [0.2, 0.25) is 5.91 Å². The second-order valence-electron chi connectivity index (χ2n) is 16.7. The summed E-state index contributed by atoms with van der Waals surface area (Å²) in [4.78, 5) is 64.2. The number of benzene rings is 5. The lowest BCUT2D eigenvalue weighted by Gasteiger charge is -2.23. The van der Waals surface area contributed by atoms with Crippen molar-refractivity contribution in [1.29, 1.82) is 0 Å². The monoisotopic (exact) mass is 847 g/mol. The molecule has 5 aromatic rings. The second-order valence-corrected chi connectivity index (χ2v) is 16.7. The van der Waals surface area contributed by atoms with Gasteiger partial charge in [0, 0.05) is 74.2 Å². The summed E-state index contributed by atoms with van der Waals surface area (Å²) in [5, 5.41) is 2.97. The number of ketones is 1. The molecule has 0 radical (unpaired) electrons. The van der Waals surface area contributed by atoms with Crippen molar-refractivity contribution in [3.8, 4) is 23.0 Å². The fourth-order valence-corrected chi connectivity index (χ4v) is 8.85. The molecule has 3 amide bonds. The first-order valence-corrected chi connectivity index (χ1v) is 21.3. The lowest BCUT2D eigenvalue weighted by molar-refractivity contribution is -0.122. The number of anilines is 4. The number of methoxy groups -OCH3 is 2. The van der Waals surface area contributed by atoms with E-state index in [1.165, 1.54) is 7.11 Å². The molecule has 0 spiro atoms. The van der Waals surface area contributed by atoms with Gasteiger partial charge in [0.25, 0.3) is 11.8 Å². The molecule has 9 rings (SSSR count). The number of fused-ring (bicyclic) bond motifs is 8. The van der Waals surface area contributed by atoms with E-state index in [1.54, 1.807) is 41.2 Å². The Morgan fingerprint density at radius 2 is 1.37 bits per heavy atom. The van der Waals surface area contributed by atoms with E-state index in [-0.39, 0.29) is 48.7 Å². The molecule has 4 aliphatic rings. The molecular formula is C50H49N5O8. The highest BCUT2D eigenvalue weighted by atomic mass is 16.5. The molecule has 5 aromatic carbocycles. The van der Waals surface area contributed by atoms with Crippen molar-refractivity contribution in [2.45, 2.75) is 64.8 Å². The molecule has 13 nitrogen and oxygen atoms in total. The van der Waals surface area contributed by atoms with Crippen LogP contribution < -0.4 is 39.0 Å². The van der Waals surface area contributed by atoms with Crippen LogP contribution in [0.3, 0.4) is 0 Å². The van der Waals surface area contributed by atoms with Crippen LogP contribution in [0.1, 0.15) is 69.7 Å². The van der Waals surface area contributed by atoms with Crippen molar-refractivity contribution in [2.75, 3.05) is 47.8 Å². The standard InChI is InChI=1S/C50H49N5O8/c1-29(2)43(56)15-10-16-53(3)34-18-30(27-62-46-24-38-36(22-44(46)60-4)49(58)54-35(26-51-38)20-32-11-6-8-13-40(32)54)17-31(19-34)28-63-47-25-39-37(23-45(47)61-5)50(59)55-41-14-9-7-12-33(41)21-42(55)48(57)52-39/h6-9,11-14,17-19,22-26,29,35,42H,10,15-16,20-21,27-28H2,1-5H3,(H,52,57)/t35-,42-/m0/s1. The van der Waals surface area contributed by atoms with Crippen LogP contribution in [0.15, 0.2) is 96.0 Å². The van der Waals surface area contributed by atoms with Crippen LogP contribution in [-0.2, 0) is 35.6 Å². The molecule has 2 atom stereocenters. The van der Waals surface area contributed by atoms with E-state index in [9.17, 15) is 19.2 Å². The van der Waals surface area contributed by atoms with E-state index in [0.717, 1.165) is 39.3 Å². The molecule has 0 saturated carbocycles. The molecule has 13 heteroatoms. The SMILES string of the molecule is COc1cc2c(cc1OCc1cc(COc3cc4c(cc3OC)C(=O)N3c5ccccc5C[C@H]3C(=O)N4)cc(N(C)CCCC(=O)C(C)C)c1)N=C[C@@H]1Cc3ccccc3N1C2=O. The fourth-order valence-electron chi connectivity index (χ4n) is 8.85. The lowest BCUT2D eigenvalue weighted by atomic mass is 10.0. The second kappa shape index (κ2) is 17.0. The summed E-state index contributed by atoms with van der Waals surface area (Å²) in [7, 11) is 5.04. The topological polar surface area (TPSA) is 139 Å². The van der Waals surface area contributed by atoms with Crippen LogP contribution in [0.4, 0.5) is 28.4 Å². The van der Waals surface area contributed by atoms with Gasteiger partial charge >= 0.3 is 0 Å². The highest BCUT2D eigenvalue weighted by Crippen LogP contribution is 2.43. The number of amides is 3. The number of nitrogens with zero attached hydrogens (tertiary/aromatic N) is 4. The van der Waals surface area contributed by atoms with Gasteiger partial charge in [0.15, 0.2) is 23.0 Å². The quantitative estimate of drug-likeness (QED) is 0.117. The third-order valence-electron chi connectivity index (χ3n) is 12.2. The van der Waals surface area contributed by atoms with E-state index in [2.05, 4.69) is 10.2 Å². The van der Waals surface area contributed by atoms with Gasteiger partial charge in [0.1, 0.15) is 25.0 Å². The molecule has 4 heterocycles. The zero-order valence-electron chi connectivity index (χ0n) is 36.0. The van der Waals surface area contributed by atoms with Crippen molar-refractivity contribution in [3.63, 3.8) is 0 Å². The zero-order chi connectivity index (χ0) is 43.9. The Hall–Kier alpha value is -7.15. The largest absolute Gasteiger partial charge is 0.493 e. The molecule has 0 aromatic heterocycles. The van der Waals surface area contributed by atoms with E-state index < -0.39 is 6.04 Å². The maximum absolute atomic E-state index is 14.0. The van der Waals surface area contributed by atoms with Gasteiger partial charge in [-0.15, -0.1) is 0 Å². The summed E-state index contributed by atoms with van der Waals surface area (Å²) in [6, 6.07) is 27.4. The normalized spacial score (nSPS) is 16.8. The van der Waals surface area contributed by atoms with E-state index in [0.29, 0.717) is 77.7 Å². The van der Waals surface area contributed by atoms with Gasteiger partial charge in [-0.05, 0) is 71.1 Å². The molecule has 0 aliphatic carbocycles. The molecule has 4 aliphatic heterocycles. The molecule has 0 fully saturated rings. The van der Waals surface area contributed by atoms with Crippen molar-refractivity contribution in [2.24, 2.45) is 10.9 Å². The average molecular weight is 848 g/mol. The van der Waals surface area contributed by atoms with Crippen LogP contribution in [-0.4, -0.2) is 69.6 Å². The maximum Gasteiger partial charge on any atom is 0.261 e. The number of aliphatic imine (C=N–C) groups is 1. The van der Waals surface area contributed by atoms with E-state index >= 15 is 0 Å². The Morgan fingerprint density at radius 3 is 2.03 bits per heavy atom. The van der Waals surface area contributed by atoms with E-state index in [4.69, 9.17) is 23.9 Å². The summed E-state index contributed by atoms with van der Waals surface area (Å²) in [6.45, 7) is 4.73. The van der Waals surface area contributed by atoms with Crippen LogP contribution in [0.2, 0.25) is 0 Å². The van der Waals surface area contributed by atoms with Crippen LogP contribution >= 0.6 is 0 Å². The number of Topliss-reactive ketones (excluding diaryl/α,β-unsaturated/α-hetero) is 1. The first kappa shape index (κ1) is 41.2. The number of hydrogen-bond acceptors (Lipinski definition) is 10. The van der Waals surface area contributed by atoms with Crippen LogP contribution in [0.5, 0.6) is 23.0 Å². The average Bonchev–Trinajstić information content (AvgIpc) is 3.81. The molecule has 63 heavy (non-hydrogen) atoms. The van der Waals surface area contributed by atoms with Gasteiger partial charge in [-0.2, -0.15) is 0 Å². The summed E-state index contributed by atoms with van der Waals surface area (Å²) >= 11 is 0. The summed E-state index contributed by atoms with van der Waals surface area (Å²) in [6.07, 6.45) is 4.12. The molecule has 0 bridgehead atoms. The van der Waals surface area contributed by atoms with Gasteiger partial charge in [-0.1, -0.05) is 50.2 Å². The van der Waals surface area contributed by atoms with Gasteiger partial charge in [-0.25, -0.2) is 0 Å². The first-order chi connectivity index (χ1) is 30.5. The minimum absolute atomic E-state index is 0.0209. The van der Waals surface area contributed by atoms with Crippen LogP contribution in [0, 0.1) is 5.92 Å². The molecular weight excluding hydrogens is 799 g/mol. The van der Waals surface area contributed by atoms with Crippen molar-refractivity contribution >= 4 is 58.2 Å². The molecule has 0 saturated heterocycles. The number of nitrogens with one attached hydrogen (secondary N) is 1. The molecule has 0 unspecified atom stereocenters. The zero-order valence-corrected chi connectivity index (χ0v) is 36.0. The molecule has 322 valence electrons. The highest BCUT2D eigenvalue weighted by Gasteiger charge is 2.42. The predicted octanol–water partition coefficient (Wildman–Crippen LogP) is 8.11. The summed E-state index contributed by atoms with van der Waals surface area (Å²) < 4.78 is 24.4. The van der Waals surface area contributed by atoms with Gasteiger partial charge in [0.05, 0.1) is 42.8 Å². The highest BCUT2D eigenvalue weighted by molar-refractivity contribution is 6.20. The number of rotatable bonds is 14. The minimum Gasteiger partial charge on any atom is -0.493 e. The predicted molar refractivity (Wildman–Crippen MR) is 242 cm³/mol. The summed E-state index contributed by atoms with van der Waals surface area (Å²) in [5.41, 5.74) is 7.77. The van der Waals surface area contributed by atoms with Gasteiger partial charge < -0.3 is 29.2 Å². The molecule has 1 N–H and O–H groups in total. The Balaban J connectivity index is 0.978. The summed E-state index contributed by atoms with van der Waals surface area (Å²) in [5.74, 6) is 1.01. The smallest absolute Gasteiger partial charge is 0.261 e. The number of para-hydroxylation sites is 2.